The van der Waals surface area contributed by atoms with Crippen molar-refractivity contribution < 1.29 is 20.1 Å². The summed E-state index contributed by atoms with van der Waals surface area (Å²) in [7, 11) is 0. The van der Waals surface area contributed by atoms with E-state index in [1.165, 1.54) is 186 Å². The van der Waals surface area contributed by atoms with Crippen LogP contribution in [-0.4, -0.2) is 46.1 Å². The number of carbonyl (C=O) groups is 1. The molecule has 3 atom stereocenters. The summed E-state index contributed by atoms with van der Waals surface area (Å²) in [5, 5.41) is 33.1. The van der Waals surface area contributed by atoms with Gasteiger partial charge < -0.3 is 20.6 Å². The summed E-state index contributed by atoms with van der Waals surface area (Å²) in [5.41, 5.74) is 0. The minimum atomic E-state index is -1.10. The van der Waals surface area contributed by atoms with Crippen molar-refractivity contribution in [3.05, 3.63) is 24.3 Å². The zero-order valence-electron chi connectivity index (χ0n) is 35.0. The molecule has 0 saturated carbocycles. The van der Waals surface area contributed by atoms with E-state index < -0.39 is 24.2 Å². The molecule has 0 saturated heterocycles. The van der Waals surface area contributed by atoms with E-state index in [1.807, 2.05) is 6.08 Å². The second kappa shape index (κ2) is 42.6. The zero-order valence-corrected chi connectivity index (χ0v) is 35.0. The molecule has 0 spiro atoms. The molecule has 52 heavy (non-hydrogen) atoms. The summed E-state index contributed by atoms with van der Waals surface area (Å²) in [5.74, 6) is -0.510. The van der Waals surface area contributed by atoms with Crippen LogP contribution in [0.3, 0.4) is 0 Å². The van der Waals surface area contributed by atoms with Gasteiger partial charge in [-0.15, -0.1) is 0 Å². The molecule has 0 aromatic rings. The molecule has 0 fully saturated rings. The van der Waals surface area contributed by atoms with Crippen LogP contribution in [0.1, 0.15) is 245 Å². The maximum atomic E-state index is 12.5. The Morgan fingerprint density at radius 3 is 1.17 bits per heavy atom. The van der Waals surface area contributed by atoms with Crippen LogP contribution < -0.4 is 5.32 Å². The normalized spacial score (nSPS) is 13.7. The summed E-state index contributed by atoms with van der Waals surface area (Å²) in [6, 6.07) is -0.811. The molecule has 5 nitrogen and oxygen atoms in total. The minimum absolute atomic E-state index is 0.373. The van der Waals surface area contributed by atoms with Gasteiger partial charge in [-0.3, -0.25) is 4.79 Å². The fourth-order valence-electron chi connectivity index (χ4n) is 7.14. The van der Waals surface area contributed by atoms with Gasteiger partial charge in [0.05, 0.1) is 18.8 Å². The Hall–Kier alpha value is -1.17. The molecule has 308 valence electrons. The third kappa shape index (κ3) is 37.2. The Morgan fingerprint density at radius 1 is 0.462 bits per heavy atom. The Kier molecular flexibility index (Phi) is 41.6. The highest BCUT2D eigenvalue weighted by Gasteiger charge is 2.22. The summed E-state index contributed by atoms with van der Waals surface area (Å²) in [6.45, 7) is 4.19. The van der Waals surface area contributed by atoms with Crippen LogP contribution in [0.2, 0.25) is 0 Å². The fraction of sp³-hybridized carbons (Fsp3) is 0.894. The second-order valence-electron chi connectivity index (χ2n) is 16.0. The van der Waals surface area contributed by atoms with Gasteiger partial charge in [-0.1, -0.05) is 237 Å². The van der Waals surface area contributed by atoms with Crippen molar-refractivity contribution in [2.24, 2.45) is 0 Å². The third-order valence-corrected chi connectivity index (χ3v) is 10.8. The number of hydrogen-bond donors (Lipinski definition) is 4. The predicted octanol–water partition coefficient (Wildman–Crippen LogP) is 13.4. The number of unbranched alkanes of at least 4 members (excludes halogenated alkanes) is 32. The van der Waals surface area contributed by atoms with Crippen molar-refractivity contribution in [1.29, 1.82) is 0 Å². The van der Waals surface area contributed by atoms with E-state index in [-0.39, 0.29) is 6.61 Å². The van der Waals surface area contributed by atoms with Gasteiger partial charge >= 0.3 is 0 Å². The van der Waals surface area contributed by atoms with Gasteiger partial charge in [0.2, 0.25) is 5.91 Å². The first-order valence-electron chi connectivity index (χ1n) is 23.2. The predicted molar refractivity (Wildman–Crippen MR) is 227 cm³/mol. The van der Waals surface area contributed by atoms with Crippen molar-refractivity contribution in [3.8, 4) is 0 Å². The largest absolute Gasteiger partial charge is 0.394 e. The molecular weight excluding hydrogens is 643 g/mol. The Morgan fingerprint density at radius 2 is 0.788 bits per heavy atom. The molecule has 0 aliphatic rings. The van der Waals surface area contributed by atoms with Gasteiger partial charge in [-0.2, -0.15) is 0 Å². The van der Waals surface area contributed by atoms with Crippen molar-refractivity contribution in [2.75, 3.05) is 6.61 Å². The van der Waals surface area contributed by atoms with Crippen molar-refractivity contribution in [3.63, 3.8) is 0 Å². The highest BCUT2D eigenvalue weighted by atomic mass is 16.3. The Labute approximate surface area is 324 Å². The smallest absolute Gasteiger partial charge is 0.249 e. The molecule has 0 rings (SSSR count). The number of aliphatic hydroxyl groups excluding tert-OH is 3. The van der Waals surface area contributed by atoms with Crippen molar-refractivity contribution in [2.45, 2.75) is 263 Å². The van der Waals surface area contributed by atoms with E-state index in [0.29, 0.717) is 6.42 Å². The van der Waals surface area contributed by atoms with E-state index in [4.69, 9.17) is 0 Å². The van der Waals surface area contributed by atoms with Crippen LogP contribution in [-0.2, 0) is 4.79 Å². The van der Waals surface area contributed by atoms with E-state index in [9.17, 15) is 20.1 Å². The van der Waals surface area contributed by atoms with Crippen LogP contribution in [0.5, 0.6) is 0 Å². The number of aliphatic hydroxyl groups is 3. The average molecular weight is 734 g/mol. The molecule has 3 unspecified atom stereocenters. The maximum Gasteiger partial charge on any atom is 0.249 e. The van der Waals surface area contributed by atoms with E-state index in [1.54, 1.807) is 6.08 Å². The van der Waals surface area contributed by atoms with Gasteiger partial charge in [0.15, 0.2) is 0 Å². The van der Waals surface area contributed by atoms with Crippen LogP contribution in [0.15, 0.2) is 24.3 Å². The molecule has 0 aromatic heterocycles. The number of nitrogens with one attached hydrogen (secondary N) is 1. The average Bonchev–Trinajstić information content (AvgIpc) is 3.15. The van der Waals surface area contributed by atoms with Gasteiger partial charge in [-0.25, -0.2) is 0 Å². The lowest BCUT2D eigenvalue weighted by Gasteiger charge is -2.21. The fourth-order valence-corrected chi connectivity index (χ4v) is 7.14. The molecule has 4 N–H and O–H groups in total. The van der Waals surface area contributed by atoms with Gasteiger partial charge in [-0.05, 0) is 32.1 Å². The van der Waals surface area contributed by atoms with E-state index >= 15 is 0 Å². The number of rotatable bonds is 42. The highest BCUT2D eigenvalue weighted by molar-refractivity contribution is 5.80. The molecule has 0 aliphatic heterocycles. The molecule has 5 heteroatoms. The van der Waals surface area contributed by atoms with Gasteiger partial charge in [0.25, 0.3) is 0 Å². The maximum absolute atomic E-state index is 12.5. The summed E-state index contributed by atoms with van der Waals surface area (Å²) in [4.78, 5) is 12.5. The lowest BCUT2D eigenvalue weighted by atomic mass is 10.0. The molecule has 0 aromatic carbocycles. The van der Waals surface area contributed by atoms with Gasteiger partial charge in [0.1, 0.15) is 6.10 Å². The van der Waals surface area contributed by atoms with Gasteiger partial charge in [0, 0.05) is 0 Å². The second-order valence-corrected chi connectivity index (χ2v) is 16.0. The molecule has 0 heterocycles. The van der Waals surface area contributed by atoms with Crippen LogP contribution >= 0.6 is 0 Å². The lowest BCUT2D eigenvalue weighted by molar-refractivity contribution is -0.131. The molecule has 1 amide bonds. The van der Waals surface area contributed by atoms with E-state index in [2.05, 4.69) is 31.3 Å². The number of amides is 1. The Balaban J connectivity index is 3.67. The first-order valence-corrected chi connectivity index (χ1v) is 23.2. The molecule has 0 radical (unpaired) electrons. The number of allylic oxidation sites excluding steroid dienone is 3. The van der Waals surface area contributed by atoms with E-state index in [0.717, 1.165) is 38.5 Å². The zero-order chi connectivity index (χ0) is 38.0. The summed E-state index contributed by atoms with van der Waals surface area (Å²) in [6.07, 6.45) is 52.2. The monoisotopic (exact) mass is 734 g/mol. The Bertz CT molecular complexity index is 768. The first-order chi connectivity index (χ1) is 25.6. The van der Waals surface area contributed by atoms with Crippen LogP contribution in [0.4, 0.5) is 0 Å². The topological polar surface area (TPSA) is 89.8 Å². The van der Waals surface area contributed by atoms with Crippen LogP contribution in [0, 0.1) is 0 Å². The number of carbonyl (C=O) groups excluding carboxylic acids is 1. The summed E-state index contributed by atoms with van der Waals surface area (Å²) < 4.78 is 0. The highest BCUT2D eigenvalue weighted by Crippen LogP contribution is 2.16. The SMILES string of the molecule is CCCCCCCCCCCCCCCCCC/C=C/CC/C=C/C(O)C(CO)NC(=O)C(O)CCCCCCCCCCCCCCCCCC. The molecule has 0 bridgehead atoms. The molecular formula is C47H91NO4. The third-order valence-electron chi connectivity index (χ3n) is 10.8. The molecule has 0 aliphatic carbocycles. The first kappa shape index (κ1) is 50.8. The lowest BCUT2D eigenvalue weighted by Crippen LogP contribution is -2.48. The minimum Gasteiger partial charge on any atom is -0.394 e. The van der Waals surface area contributed by atoms with Crippen molar-refractivity contribution in [1.82, 2.24) is 5.32 Å². The quantitative estimate of drug-likeness (QED) is 0.0371. The standard InChI is InChI=1S/C47H91NO4/c1-3-5-7-9-11-13-15-17-19-21-22-23-24-25-26-28-29-31-33-35-37-39-41-45(50)44(43-49)48-47(52)46(51)42-40-38-36-34-32-30-27-20-18-16-14-12-10-8-6-4-2/h31,33,39,41,44-46,49-51H,3-30,32,34-38,40,42-43H2,1-2H3,(H,48,52)/b33-31+,41-39+. The van der Waals surface area contributed by atoms with Crippen LogP contribution in [0.25, 0.3) is 0 Å². The van der Waals surface area contributed by atoms with Crippen molar-refractivity contribution >= 4 is 5.91 Å². The number of hydrogen-bond acceptors (Lipinski definition) is 4. The summed E-state index contributed by atoms with van der Waals surface area (Å²) >= 11 is 0.